The number of nitrogens with zero attached hydrogens (tertiary/aromatic N) is 1. The van der Waals surface area contributed by atoms with Gasteiger partial charge in [0, 0.05) is 20.6 Å². The molecule has 0 saturated heterocycles. The number of hydrogen-bond donors (Lipinski definition) is 0. The number of carbonyl (C=O) groups excluding carboxylic acids is 2. The first kappa shape index (κ1) is 22.5. The standard InChI is InChI=1S/C24H14Br2ClNO4/c1-13-3-2-4-15(9-13)22-28-20(24(30)32-22)11-16-10-17(25)12-19(26)21(16)31-23(29)14-5-7-18(27)8-6-14/h2-12H,1H3/b20-11-. The minimum atomic E-state index is -0.590. The lowest BCUT2D eigenvalue weighted by Crippen LogP contribution is -2.10. The third kappa shape index (κ3) is 5.01. The van der Waals surface area contributed by atoms with Crippen molar-refractivity contribution >= 4 is 67.4 Å². The second-order valence-electron chi connectivity index (χ2n) is 6.91. The van der Waals surface area contributed by atoms with Crippen LogP contribution in [0.15, 0.2) is 80.3 Å². The number of aryl methyl sites for hydroxylation is 1. The Bertz CT molecular complexity index is 1300. The fraction of sp³-hybridized carbons (Fsp3) is 0.0417. The number of ether oxygens (including phenoxy) is 2. The van der Waals surface area contributed by atoms with Gasteiger partial charge in [-0.05, 0) is 77.5 Å². The maximum absolute atomic E-state index is 12.6. The number of cyclic esters (lactones) is 1. The highest BCUT2D eigenvalue weighted by Gasteiger charge is 2.25. The second-order valence-corrected chi connectivity index (χ2v) is 9.11. The van der Waals surface area contributed by atoms with Gasteiger partial charge < -0.3 is 9.47 Å². The molecule has 0 fully saturated rings. The molecular formula is C24H14Br2ClNO4. The fourth-order valence-electron chi connectivity index (χ4n) is 2.99. The highest BCUT2D eigenvalue weighted by molar-refractivity contribution is 9.11. The molecule has 0 N–H and O–H groups in total. The smallest absolute Gasteiger partial charge is 0.363 e. The molecule has 0 amide bonds. The number of rotatable bonds is 4. The van der Waals surface area contributed by atoms with E-state index in [0.717, 1.165) is 10.0 Å². The average Bonchev–Trinajstić information content (AvgIpc) is 3.11. The van der Waals surface area contributed by atoms with Crippen molar-refractivity contribution in [2.75, 3.05) is 0 Å². The molecule has 0 aliphatic carbocycles. The summed E-state index contributed by atoms with van der Waals surface area (Å²) >= 11 is 12.7. The van der Waals surface area contributed by atoms with Crippen molar-refractivity contribution in [1.29, 1.82) is 0 Å². The molecular weight excluding hydrogens is 562 g/mol. The molecule has 5 nitrogen and oxygen atoms in total. The molecule has 0 bridgehead atoms. The van der Waals surface area contributed by atoms with E-state index in [1.54, 1.807) is 36.4 Å². The SMILES string of the molecule is Cc1cccc(C2=N/C(=C\c3cc(Br)cc(Br)c3OC(=O)c3ccc(Cl)cc3)C(=O)O2)c1. The van der Waals surface area contributed by atoms with Gasteiger partial charge in [0.05, 0.1) is 10.0 Å². The van der Waals surface area contributed by atoms with E-state index in [2.05, 4.69) is 36.9 Å². The van der Waals surface area contributed by atoms with Crippen molar-refractivity contribution < 1.29 is 19.1 Å². The number of benzene rings is 3. The van der Waals surface area contributed by atoms with Gasteiger partial charge in [-0.3, -0.25) is 0 Å². The van der Waals surface area contributed by atoms with Crippen LogP contribution < -0.4 is 4.74 Å². The van der Waals surface area contributed by atoms with Crippen LogP contribution in [0.25, 0.3) is 6.08 Å². The van der Waals surface area contributed by atoms with Crippen LogP contribution in [0.1, 0.15) is 27.0 Å². The van der Waals surface area contributed by atoms with Crippen molar-refractivity contribution in [3.63, 3.8) is 0 Å². The van der Waals surface area contributed by atoms with E-state index in [1.807, 2.05) is 31.2 Å². The molecule has 0 saturated carbocycles. The molecule has 0 radical (unpaired) electrons. The van der Waals surface area contributed by atoms with Crippen molar-refractivity contribution in [1.82, 2.24) is 0 Å². The van der Waals surface area contributed by atoms with Crippen molar-refractivity contribution in [3.8, 4) is 5.75 Å². The number of aliphatic imine (C=N–C) groups is 1. The molecule has 0 aromatic heterocycles. The first-order valence-corrected chi connectivity index (χ1v) is 11.3. The Labute approximate surface area is 206 Å². The van der Waals surface area contributed by atoms with Crippen molar-refractivity contribution in [2.45, 2.75) is 6.92 Å². The van der Waals surface area contributed by atoms with Crippen LogP contribution in [0.4, 0.5) is 0 Å². The Balaban J connectivity index is 1.70. The average molecular weight is 576 g/mol. The zero-order valence-corrected chi connectivity index (χ0v) is 20.5. The summed E-state index contributed by atoms with van der Waals surface area (Å²) in [4.78, 5) is 29.4. The number of halogens is 3. The molecule has 8 heteroatoms. The summed E-state index contributed by atoms with van der Waals surface area (Å²) in [5.74, 6) is -0.693. The van der Waals surface area contributed by atoms with Gasteiger partial charge in [0.1, 0.15) is 0 Å². The lowest BCUT2D eigenvalue weighted by molar-refractivity contribution is -0.129. The van der Waals surface area contributed by atoms with Gasteiger partial charge in [-0.25, -0.2) is 14.6 Å². The van der Waals surface area contributed by atoms with E-state index < -0.39 is 11.9 Å². The Hall–Kier alpha value is -2.74. The summed E-state index contributed by atoms with van der Waals surface area (Å²) in [6, 6.07) is 17.3. The molecule has 1 aliphatic rings. The number of carbonyl (C=O) groups is 2. The summed E-state index contributed by atoms with van der Waals surface area (Å²) < 4.78 is 12.2. The van der Waals surface area contributed by atoms with Crippen LogP contribution in [0.3, 0.4) is 0 Å². The van der Waals surface area contributed by atoms with Gasteiger partial charge in [-0.15, -0.1) is 0 Å². The zero-order valence-electron chi connectivity index (χ0n) is 16.6. The summed E-state index contributed by atoms with van der Waals surface area (Å²) in [5, 5.41) is 0.513. The third-order valence-electron chi connectivity index (χ3n) is 4.49. The number of hydrogen-bond acceptors (Lipinski definition) is 5. The normalized spacial score (nSPS) is 14.3. The predicted octanol–water partition coefficient (Wildman–Crippen LogP) is 6.74. The zero-order chi connectivity index (χ0) is 22.8. The molecule has 4 rings (SSSR count). The maximum atomic E-state index is 12.6. The van der Waals surface area contributed by atoms with Crippen molar-refractivity contribution in [2.24, 2.45) is 4.99 Å². The largest absolute Gasteiger partial charge is 0.421 e. The molecule has 3 aromatic carbocycles. The van der Waals surface area contributed by atoms with Gasteiger partial charge in [0.15, 0.2) is 11.4 Å². The Morgan fingerprint density at radius 2 is 1.84 bits per heavy atom. The topological polar surface area (TPSA) is 65.0 Å². The lowest BCUT2D eigenvalue weighted by Gasteiger charge is -2.11. The summed E-state index contributed by atoms with van der Waals surface area (Å²) in [7, 11) is 0. The first-order valence-electron chi connectivity index (χ1n) is 9.36. The summed E-state index contributed by atoms with van der Waals surface area (Å²) in [6.45, 7) is 1.94. The highest BCUT2D eigenvalue weighted by atomic mass is 79.9. The second kappa shape index (κ2) is 9.40. The van der Waals surface area contributed by atoms with E-state index in [0.29, 0.717) is 26.2 Å². The van der Waals surface area contributed by atoms with E-state index >= 15 is 0 Å². The molecule has 1 heterocycles. The molecule has 0 spiro atoms. The van der Waals surface area contributed by atoms with Gasteiger partial charge in [-0.2, -0.15) is 0 Å². The summed E-state index contributed by atoms with van der Waals surface area (Å²) in [5.41, 5.74) is 2.62. The number of esters is 2. The van der Waals surface area contributed by atoms with E-state index in [4.69, 9.17) is 21.1 Å². The predicted molar refractivity (Wildman–Crippen MR) is 130 cm³/mol. The Morgan fingerprint density at radius 1 is 1.09 bits per heavy atom. The van der Waals surface area contributed by atoms with Gasteiger partial charge in [-0.1, -0.05) is 45.2 Å². The van der Waals surface area contributed by atoms with Gasteiger partial charge >= 0.3 is 11.9 Å². The lowest BCUT2D eigenvalue weighted by atomic mass is 10.1. The minimum absolute atomic E-state index is 0.0929. The van der Waals surface area contributed by atoms with Gasteiger partial charge in [0.25, 0.3) is 0 Å². The van der Waals surface area contributed by atoms with Crippen LogP contribution in [-0.4, -0.2) is 17.8 Å². The van der Waals surface area contributed by atoms with Crippen molar-refractivity contribution in [3.05, 3.63) is 103 Å². The molecule has 32 heavy (non-hydrogen) atoms. The molecule has 0 atom stereocenters. The van der Waals surface area contributed by atoms with Crippen LogP contribution in [0, 0.1) is 6.92 Å². The van der Waals surface area contributed by atoms with Crippen LogP contribution in [0.5, 0.6) is 5.75 Å². The van der Waals surface area contributed by atoms with Crippen LogP contribution >= 0.6 is 43.5 Å². The molecule has 1 aliphatic heterocycles. The van der Waals surface area contributed by atoms with E-state index in [-0.39, 0.29) is 17.3 Å². The maximum Gasteiger partial charge on any atom is 0.363 e. The van der Waals surface area contributed by atoms with E-state index in [1.165, 1.54) is 6.08 Å². The fourth-order valence-corrected chi connectivity index (χ4v) is 4.46. The van der Waals surface area contributed by atoms with Crippen LogP contribution in [-0.2, 0) is 9.53 Å². The molecule has 0 unspecified atom stereocenters. The first-order chi connectivity index (χ1) is 15.3. The molecule has 3 aromatic rings. The third-order valence-corrected chi connectivity index (χ3v) is 5.79. The summed E-state index contributed by atoms with van der Waals surface area (Å²) in [6.07, 6.45) is 1.52. The van der Waals surface area contributed by atoms with Gasteiger partial charge in [0.2, 0.25) is 5.90 Å². The van der Waals surface area contributed by atoms with E-state index in [9.17, 15) is 9.59 Å². The Kier molecular flexibility index (Phi) is 6.60. The quantitative estimate of drug-likeness (QED) is 0.196. The Morgan fingerprint density at radius 3 is 2.56 bits per heavy atom. The highest BCUT2D eigenvalue weighted by Crippen LogP contribution is 2.36. The monoisotopic (exact) mass is 573 g/mol. The minimum Gasteiger partial charge on any atom is -0.421 e. The molecule has 160 valence electrons. The van der Waals surface area contributed by atoms with Crippen LogP contribution in [0.2, 0.25) is 5.02 Å².